The number of halogens is 1. The van der Waals surface area contributed by atoms with Crippen molar-refractivity contribution >= 4 is 35.0 Å². The first kappa shape index (κ1) is 18.1. The third-order valence-corrected chi connectivity index (χ3v) is 5.68. The van der Waals surface area contributed by atoms with E-state index < -0.39 is 0 Å². The van der Waals surface area contributed by atoms with E-state index in [0.717, 1.165) is 29.6 Å². The van der Waals surface area contributed by atoms with Crippen molar-refractivity contribution < 1.29 is 9.21 Å². The van der Waals surface area contributed by atoms with Crippen molar-refractivity contribution in [2.75, 3.05) is 5.32 Å². The minimum Gasteiger partial charge on any atom is -0.467 e. The molecule has 8 heteroatoms. The van der Waals surface area contributed by atoms with Gasteiger partial charge in [0.15, 0.2) is 5.16 Å². The maximum atomic E-state index is 12.5. The molecule has 2 heterocycles. The van der Waals surface area contributed by atoms with Crippen molar-refractivity contribution in [2.24, 2.45) is 0 Å². The molecule has 0 aliphatic heterocycles. The number of hydrogen-bond acceptors (Lipinski definition) is 5. The normalized spacial score (nSPS) is 14.9. The van der Waals surface area contributed by atoms with Crippen molar-refractivity contribution in [3.63, 3.8) is 0 Å². The number of carbonyl (C=O) groups is 1. The first-order chi connectivity index (χ1) is 13.1. The summed E-state index contributed by atoms with van der Waals surface area (Å²) in [6, 6.07) is 10.9. The van der Waals surface area contributed by atoms with Gasteiger partial charge in [0.05, 0.1) is 18.1 Å². The van der Waals surface area contributed by atoms with Crippen LogP contribution in [0.25, 0.3) is 0 Å². The van der Waals surface area contributed by atoms with Crippen LogP contribution < -0.4 is 5.32 Å². The van der Waals surface area contributed by atoms with Gasteiger partial charge in [-0.1, -0.05) is 23.4 Å². The molecular weight excluding hydrogens is 384 g/mol. The van der Waals surface area contributed by atoms with Crippen molar-refractivity contribution in [1.29, 1.82) is 0 Å². The van der Waals surface area contributed by atoms with Gasteiger partial charge in [0.25, 0.3) is 0 Å². The smallest absolute Gasteiger partial charge is 0.237 e. The molecule has 27 heavy (non-hydrogen) atoms. The fourth-order valence-electron chi connectivity index (χ4n) is 2.73. The Kier molecular flexibility index (Phi) is 5.22. The summed E-state index contributed by atoms with van der Waals surface area (Å²) < 4.78 is 7.55. The number of anilines is 1. The van der Waals surface area contributed by atoms with Gasteiger partial charge >= 0.3 is 0 Å². The Bertz CT molecular complexity index is 920. The summed E-state index contributed by atoms with van der Waals surface area (Å²) in [5, 5.41) is 12.6. The van der Waals surface area contributed by atoms with Crippen molar-refractivity contribution in [1.82, 2.24) is 14.8 Å². The monoisotopic (exact) mass is 402 g/mol. The van der Waals surface area contributed by atoms with E-state index in [0.29, 0.717) is 23.2 Å². The van der Waals surface area contributed by atoms with Gasteiger partial charge in [-0.25, -0.2) is 0 Å². The molecule has 0 spiro atoms. The third-order valence-electron chi connectivity index (χ3n) is 4.35. The van der Waals surface area contributed by atoms with E-state index >= 15 is 0 Å². The maximum Gasteiger partial charge on any atom is 0.237 e. The van der Waals surface area contributed by atoms with Crippen LogP contribution in [0.1, 0.15) is 37.3 Å². The number of rotatable bonds is 7. The number of benzene rings is 1. The van der Waals surface area contributed by atoms with Gasteiger partial charge in [-0.3, -0.25) is 9.36 Å². The summed E-state index contributed by atoms with van der Waals surface area (Å²) in [4.78, 5) is 12.5. The molecule has 4 rings (SSSR count). The second kappa shape index (κ2) is 7.78. The average molecular weight is 403 g/mol. The molecule has 1 aliphatic carbocycles. The van der Waals surface area contributed by atoms with Gasteiger partial charge in [-0.2, -0.15) is 0 Å². The van der Waals surface area contributed by atoms with E-state index in [2.05, 4.69) is 20.1 Å². The van der Waals surface area contributed by atoms with Crippen LogP contribution in [0, 0.1) is 0 Å². The maximum absolute atomic E-state index is 12.5. The molecule has 0 radical (unpaired) electrons. The Morgan fingerprint density at radius 2 is 2.11 bits per heavy atom. The fourth-order valence-corrected chi connectivity index (χ4v) is 3.71. The largest absolute Gasteiger partial charge is 0.467 e. The molecule has 1 amide bonds. The van der Waals surface area contributed by atoms with Crippen molar-refractivity contribution in [3.8, 4) is 0 Å². The molecule has 2 aromatic heterocycles. The molecule has 0 bridgehead atoms. The lowest BCUT2D eigenvalue weighted by molar-refractivity contribution is -0.115. The summed E-state index contributed by atoms with van der Waals surface area (Å²) in [6.45, 7) is 2.43. The van der Waals surface area contributed by atoms with Crippen LogP contribution in [0.5, 0.6) is 0 Å². The predicted molar refractivity (Wildman–Crippen MR) is 105 cm³/mol. The van der Waals surface area contributed by atoms with Crippen molar-refractivity contribution in [2.45, 2.75) is 42.6 Å². The van der Waals surface area contributed by atoms with Gasteiger partial charge < -0.3 is 9.73 Å². The van der Waals surface area contributed by atoms with Crippen LogP contribution in [0.2, 0.25) is 5.02 Å². The van der Waals surface area contributed by atoms with Crippen LogP contribution in [0.4, 0.5) is 5.69 Å². The molecule has 1 atom stereocenters. The summed E-state index contributed by atoms with van der Waals surface area (Å²) in [5.74, 6) is 2.18. The van der Waals surface area contributed by atoms with E-state index in [1.165, 1.54) is 11.8 Å². The number of thioether (sulfide) groups is 1. The summed E-state index contributed by atoms with van der Waals surface area (Å²) in [7, 11) is 0. The Balaban J connectivity index is 1.47. The van der Waals surface area contributed by atoms with E-state index in [1.54, 1.807) is 30.5 Å². The molecule has 1 fully saturated rings. The molecule has 1 aromatic carbocycles. The highest BCUT2D eigenvalue weighted by atomic mass is 35.5. The molecule has 3 aromatic rings. The van der Waals surface area contributed by atoms with Crippen LogP contribution in [-0.4, -0.2) is 25.9 Å². The molecule has 1 saturated carbocycles. The number of furan rings is 1. The highest BCUT2D eigenvalue weighted by molar-refractivity contribution is 8.00. The minimum absolute atomic E-state index is 0.0946. The average Bonchev–Trinajstić information content (AvgIpc) is 3.23. The summed E-state index contributed by atoms with van der Waals surface area (Å²) in [6.07, 6.45) is 3.92. The molecule has 6 nitrogen and oxygen atoms in total. The van der Waals surface area contributed by atoms with E-state index in [9.17, 15) is 4.79 Å². The first-order valence-electron chi connectivity index (χ1n) is 8.78. The van der Waals surface area contributed by atoms with Crippen LogP contribution in [0.3, 0.4) is 0 Å². The van der Waals surface area contributed by atoms with E-state index in [-0.39, 0.29) is 11.2 Å². The zero-order valence-electron chi connectivity index (χ0n) is 14.8. The quantitative estimate of drug-likeness (QED) is 0.586. The van der Waals surface area contributed by atoms with E-state index in [1.807, 2.05) is 19.1 Å². The molecule has 1 aliphatic rings. The molecule has 1 unspecified atom stereocenters. The topological polar surface area (TPSA) is 73.0 Å². The first-order valence-corrected chi connectivity index (χ1v) is 10.0. The molecule has 0 saturated heterocycles. The zero-order chi connectivity index (χ0) is 18.8. The fraction of sp³-hybridized carbons (Fsp3) is 0.316. The number of carbonyl (C=O) groups excluding carboxylic acids is 1. The number of nitrogens with zero attached hydrogens (tertiary/aromatic N) is 3. The van der Waals surface area contributed by atoms with Gasteiger partial charge in [-0.15, -0.1) is 10.2 Å². The Labute approximate surface area is 166 Å². The Hall–Kier alpha value is -2.25. The lowest BCUT2D eigenvalue weighted by Gasteiger charge is -2.13. The van der Waals surface area contributed by atoms with Crippen LogP contribution in [0.15, 0.2) is 52.2 Å². The number of aromatic nitrogens is 3. The summed E-state index contributed by atoms with van der Waals surface area (Å²) >= 11 is 7.28. The standard InChI is InChI=1S/C19H19ClN4O2S/c1-12(18(25)21-15-8-6-14(20)7-9-15)27-19-23-22-17(13-4-5-13)24(19)11-16-3-2-10-26-16/h2-3,6-10,12-13H,4-5,11H2,1H3,(H,21,25). The third kappa shape index (κ3) is 4.36. The second-order valence-corrected chi connectivity index (χ2v) is 8.28. The second-order valence-electron chi connectivity index (χ2n) is 6.54. The highest BCUT2D eigenvalue weighted by Crippen LogP contribution is 2.40. The zero-order valence-corrected chi connectivity index (χ0v) is 16.3. The minimum atomic E-state index is -0.327. The van der Waals surface area contributed by atoms with Crippen molar-refractivity contribution in [3.05, 3.63) is 59.3 Å². The van der Waals surface area contributed by atoms with Crippen LogP contribution >= 0.6 is 23.4 Å². The number of amides is 1. The molecule has 140 valence electrons. The van der Waals surface area contributed by atoms with Crippen LogP contribution in [-0.2, 0) is 11.3 Å². The van der Waals surface area contributed by atoms with E-state index in [4.69, 9.17) is 16.0 Å². The summed E-state index contributed by atoms with van der Waals surface area (Å²) in [5.41, 5.74) is 0.715. The van der Waals surface area contributed by atoms with Gasteiger partial charge in [-0.05, 0) is 56.2 Å². The number of hydrogen-bond donors (Lipinski definition) is 1. The van der Waals surface area contributed by atoms with Gasteiger partial charge in [0.2, 0.25) is 5.91 Å². The highest BCUT2D eigenvalue weighted by Gasteiger charge is 2.31. The Morgan fingerprint density at radius 1 is 1.33 bits per heavy atom. The molecule has 1 N–H and O–H groups in total. The molecular formula is C19H19ClN4O2S. The SMILES string of the molecule is CC(Sc1nnc(C2CC2)n1Cc1ccco1)C(=O)Nc1ccc(Cl)cc1. The van der Waals surface area contributed by atoms with Gasteiger partial charge in [0, 0.05) is 16.6 Å². The Morgan fingerprint density at radius 3 is 2.78 bits per heavy atom. The predicted octanol–water partition coefficient (Wildman–Crippen LogP) is 4.57. The van der Waals surface area contributed by atoms with Gasteiger partial charge in [0.1, 0.15) is 11.6 Å². The number of nitrogens with one attached hydrogen (secondary N) is 1. The lowest BCUT2D eigenvalue weighted by atomic mass is 10.3. The lowest BCUT2D eigenvalue weighted by Crippen LogP contribution is -2.23.